The molecule has 172 valence electrons. The summed E-state index contributed by atoms with van der Waals surface area (Å²) in [5, 5.41) is 3.55. The van der Waals surface area contributed by atoms with Gasteiger partial charge >= 0.3 is 6.03 Å². The van der Waals surface area contributed by atoms with Crippen LogP contribution >= 0.6 is 0 Å². The first-order valence-corrected chi connectivity index (χ1v) is 11.5. The summed E-state index contributed by atoms with van der Waals surface area (Å²) < 4.78 is 13.2. The molecule has 1 heterocycles. The predicted molar refractivity (Wildman–Crippen MR) is 124 cm³/mol. The molecular formula is C24H33FN6O. The minimum atomic E-state index is -0.431. The third kappa shape index (κ3) is 5.11. The van der Waals surface area contributed by atoms with E-state index in [0.29, 0.717) is 12.5 Å². The van der Waals surface area contributed by atoms with Gasteiger partial charge < -0.3 is 20.9 Å². The van der Waals surface area contributed by atoms with E-state index in [0.717, 1.165) is 49.9 Å². The fraction of sp³-hybridized carbons (Fsp3) is 0.542. The maximum atomic E-state index is 13.2. The normalized spacial score (nSPS) is 20.3. The van der Waals surface area contributed by atoms with Crippen molar-refractivity contribution in [1.82, 2.24) is 14.9 Å². The third-order valence-corrected chi connectivity index (χ3v) is 6.60. The molecule has 2 aliphatic carbocycles. The number of anilines is 2. The number of benzene rings is 1. The van der Waals surface area contributed by atoms with E-state index >= 15 is 0 Å². The minimum absolute atomic E-state index is 0.0809. The molecule has 3 N–H and O–H groups in total. The lowest BCUT2D eigenvalue weighted by molar-refractivity contribution is 0.156. The summed E-state index contributed by atoms with van der Waals surface area (Å²) in [7, 11) is 4.07. The predicted octanol–water partition coefficient (Wildman–Crippen LogP) is 3.86. The molecule has 1 aromatic carbocycles. The van der Waals surface area contributed by atoms with Crippen molar-refractivity contribution in [3.8, 4) is 0 Å². The molecular weight excluding hydrogens is 407 g/mol. The Kier molecular flexibility index (Phi) is 6.77. The first kappa shape index (κ1) is 22.3. The van der Waals surface area contributed by atoms with E-state index in [2.05, 4.69) is 10.2 Å². The van der Waals surface area contributed by atoms with Gasteiger partial charge in [0.25, 0.3) is 0 Å². The first-order valence-electron chi connectivity index (χ1n) is 11.5. The highest BCUT2D eigenvalue weighted by Gasteiger charge is 2.29. The van der Waals surface area contributed by atoms with Crippen LogP contribution in [0.1, 0.15) is 55.3 Å². The number of carbonyl (C=O) groups is 1. The third-order valence-electron chi connectivity index (χ3n) is 6.60. The van der Waals surface area contributed by atoms with E-state index in [1.807, 2.05) is 14.1 Å². The van der Waals surface area contributed by atoms with E-state index in [9.17, 15) is 9.18 Å². The molecule has 0 aliphatic heterocycles. The van der Waals surface area contributed by atoms with Gasteiger partial charge in [-0.2, -0.15) is 4.98 Å². The number of rotatable bonds is 6. The Labute approximate surface area is 189 Å². The monoisotopic (exact) mass is 440 g/mol. The van der Waals surface area contributed by atoms with E-state index in [-0.39, 0.29) is 17.9 Å². The van der Waals surface area contributed by atoms with Crippen LogP contribution in [0.4, 0.5) is 21.0 Å². The second-order valence-corrected chi connectivity index (χ2v) is 9.14. The molecule has 2 amide bonds. The Morgan fingerprint density at radius 3 is 2.44 bits per heavy atom. The molecule has 32 heavy (non-hydrogen) atoms. The number of urea groups is 1. The Balaban J connectivity index is 1.39. The Hall–Kier alpha value is -2.90. The summed E-state index contributed by atoms with van der Waals surface area (Å²) in [6, 6.07) is 6.15. The molecule has 1 fully saturated rings. The number of aromatic nitrogens is 2. The van der Waals surface area contributed by atoms with Crippen LogP contribution < -0.4 is 16.0 Å². The first-order chi connectivity index (χ1) is 15.4. The fourth-order valence-corrected chi connectivity index (χ4v) is 4.90. The second-order valence-electron chi connectivity index (χ2n) is 9.14. The Bertz CT molecular complexity index is 940. The largest absolute Gasteiger partial charge is 0.362 e. The average molecular weight is 441 g/mol. The number of primary amides is 1. The molecule has 0 spiro atoms. The van der Waals surface area contributed by atoms with Gasteiger partial charge in [-0.3, -0.25) is 0 Å². The van der Waals surface area contributed by atoms with Gasteiger partial charge in [-0.25, -0.2) is 14.2 Å². The molecule has 0 radical (unpaired) electrons. The number of carbonyl (C=O) groups excluding carboxylic acids is 1. The molecule has 8 heteroatoms. The molecule has 2 aliphatic rings. The van der Waals surface area contributed by atoms with E-state index < -0.39 is 6.03 Å². The van der Waals surface area contributed by atoms with Crippen LogP contribution in [-0.4, -0.2) is 47.1 Å². The van der Waals surface area contributed by atoms with Crippen LogP contribution in [0.5, 0.6) is 0 Å². The SMILES string of the molecule is CN(C)c1nc(N[C@H]2CC[C@@H](N(Cc3ccc(F)cc3)C(N)=O)CC2)nc2c1CCCC2. The highest BCUT2D eigenvalue weighted by molar-refractivity contribution is 5.72. The number of amides is 2. The van der Waals surface area contributed by atoms with Gasteiger partial charge in [-0.05, 0) is 69.1 Å². The summed E-state index contributed by atoms with van der Waals surface area (Å²) in [5.74, 6) is 1.44. The number of halogens is 1. The number of nitrogens with one attached hydrogen (secondary N) is 1. The molecule has 0 unspecified atom stereocenters. The summed E-state index contributed by atoms with van der Waals surface area (Å²) in [6.45, 7) is 0.401. The van der Waals surface area contributed by atoms with E-state index in [1.165, 1.54) is 36.2 Å². The van der Waals surface area contributed by atoms with Gasteiger partial charge in [-0.1, -0.05) is 12.1 Å². The topological polar surface area (TPSA) is 87.4 Å². The quantitative estimate of drug-likeness (QED) is 0.712. The summed E-state index contributed by atoms with van der Waals surface area (Å²) in [4.78, 5) is 25.5. The number of hydrogen-bond donors (Lipinski definition) is 2. The zero-order chi connectivity index (χ0) is 22.7. The molecule has 0 saturated heterocycles. The molecule has 0 bridgehead atoms. The van der Waals surface area contributed by atoms with Crippen LogP contribution in [0.3, 0.4) is 0 Å². The van der Waals surface area contributed by atoms with Gasteiger partial charge in [0.2, 0.25) is 5.95 Å². The zero-order valence-electron chi connectivity index (χ0n) is 19.0. The van der Waals surface area contributed by atoms with Crippen LogP contribution in [0, 0.1) is 5.82 Å². The lowest BCUT2D eigenvalue weighted by Crippen LogP contribution is -2.46. The molecule has 1 aromatic heterocycles. The Morgan fingerprint density at radius 1 is 1.09 bits per heavy atom. The molecule has 4 rings (SSSR count). The van der Waals surface area contributed by atoms with E-state index in [4.69, 9.17) is 15.7 Å². The van der Waals surface area contributed by atoms with Gasteiger partial charge in [-0.15, -0.1) is 0 Å². The molecule has 0 atom stereocenters. The summed E-state index contributed by atoms with van der Waals surface area (Å²) >= 11 is 0. The minimum Gasteiger partial charge on any atom is -0.362 e. The van der Waals surface area contributed by atoms with Crippen LogP contribution in [0.15, 0.2) is 24.3 Å². The van der Waals surface area contributed by atoms with Gasteiger partial charge in [0.05, 0.1) is 5.69 Å². The summed E-state index contributed by atoms with van der Waals surface area (Å²) in [6.07, 6.45) is 7.97. The van der Waals surface area contributed by atoms with Crippen molar-refractivity contribution >= 4 is 17.8 Å². The van der Waals surface area contributed by atoms with Crippen molar-refractivity contribution in [2.24, 2.45) is 5.73 Å². The summed E-state index contributed by atoms with van der Waals surface area (Å²) in [5.41, 5.74) is 9.02. The fourth-order valence-electron chi connectivity index (χ4n) is 4.90. The lowest BCUT2D eigenvalue weighted by atomic mass is 9.90. The number of nitrogens with zero attached hydrogens (tertiary/aromatic N) is 4. The Morgan fingerprint density at radius 2 is 1.78 bits per heavy atom. The zero-order valence-corrected chi connectivity index (χ0v) is 19.0. The average Bonchev–Trinajstić information content (AvgIpc) is 2.78. The standard InChI is InChI=1S/C24H33FN6O/c1-30(2)22-20-5-3-4-6-21(20)28-24(29-22)27-18-11-13-19(14-12-18)31(23(26)32)15-16-7-9-17(25)10-8-16/h7-10,18-19H,3-6,11-15H2,1-2H3,(H2,26,32)(H,27,28,29)/t18-,19+. The van der Waals surface area contributed by atoms with E-state index in [1.54, 1.807) is 17.0 Å². The number of fused-ring (bicyclic) bond motifs is 1. The van der Waals surface area contributed by atoms with Crippen LogP contribution in [0.25, 0.3) is 0 Å². The van der Waals surface area contributed by atoms with Crippen LogP contribution in [-0.2, 0) is 19.4 Å². The molecule has 1 saturated carbocycles. The number of aryl methyl sites for hydroxylation is 1. The number of hydrogen-bond acceptors (Lipinski definition) is 5. The highest BCUT2D eigenvalue weighted by atomic mass is 19.1. The van der Waals surface area contributed by atoms with Crippen molar-refractivity contribution in [3.05, 3.63) is 46.9 Å². The number of nitrogens with two attached hydrogens (primary N) is 1. The van der Waals surface area contributed by atoms with Gasteiger partial charge in [0, 0.05) is 38.3 Å². The second kappa shape index (κ2) is 9.71. The smallest absolute Gasteiger partial charge is 0.315 e. The van der Waals surface area contributed by atoms with Crippen molar-refractivity contribution in [3.63, 3.8) is 0 Å². The maximum Gasteiger partial charge on any atom is 0.315 e. The molecule has 7 nitrogen and oxygen atoms in total. The van der Waals surface area contributed by atoms with Crippen molar-refractivity contribution in [2.75, 3.05) is 24.3 Å². The lowest BCUT2D eigenvalue weighted by Gasteiger charge is -2.36. The van der Waals surface area contributed by atoms with Gasteiger partial charge in [0.15, 0.2) is 0 Å². The van der Waals surface area contributed by atoms with Crippen molar-refractivity contribution < 1.29 is 9.18 Å². The molecule has 2 aromatic rings. The maximum absolute atomic E-state index is 13.2. The highest BCUT2D eigenvalue weighted by Crippen LogP contribution is 2.30. The van der Waals surface area contributed by atoms with Crippen LogP contribution in [0.2, 0.25) is 0 Å². The van der Waals surface area contributed by atoms with Gasteiger partial charge in [0.1, 0.15) is 11.6 Å². The van der Waals surface area contributed by atoms with Crippen molar-refractivity contribution in [2.45, 2.75) is 70.0 Å². The van der Waals surface area contributed by atoms with Crippen molar-refractivity contribution in [1.29, 1.82) is 0 Å².